The van der Waals surface area contributed by atoms with Gasteiger partial charge in [0.1, 0.15) is 43.1 Å². The normalized spacial score (nSPS) is 48.0. The van der Waals surface area contributed by atoms with Gasteiger partial charge in [0.05, 0.1) is 5.92 Å². The van der Waals surface area contributed by atoms with Crippen molar-refractivity contribution in [3.05, 3.63) is 0 Å². The van der Waals surface area contributed by atoms with Crippen LogP contribution in [0.25, 0.3) is 0 Å². The van der Waals surface area contributed by atoms with Crippen LogP contribution in [0.2, 0.25) is 0 Å². The Hall–Kier alpha value is -0.520. The summed E-state index contributed by atoms with van der Waals surface area (Å²) in [6.45, 7) is 0. The van der Waals surface area contributed by atoms with Crippen molar-refractivity contribution in [1.82, 2.24) is 0 Å². The average Bonchev–Trinajstić information content (AvgIpc) is 2.62. The van der Waals surface area contributed by atoms with Gasteiger partial charge in [0.2, 0.25) is 0 Å². The minimum atomic E-state index is -5.31. The van der Waals surface area contributed by atoms with Crippen LogP contribution in [0.5, 0.6) is 0 Å². The van der Waals surface area contributed by atoms with E-state index in [1.165, 1.54) is 0 Å². The number of alkyl halides is 12. The molecule has 33 heavy (non-hydrogen) atoms. The van der Waals surface area contributed by atoms with Crippen LogP contribution in [-0.2, 0) is 4.74 Å². The van der Waals surface area contributed by atoms with E-state index in [9.17, 15) is 48.3 Å². The Morgan fingerprint density at radius 3 is 1.48 bits per heavy atom. The minimum absolute atomic E-state index is 0.533. The first kappa shape index (κ1) is 27.1. The first-order valence-electron chi connectivity index (χ1n) is 10.7. The molecule has 3 rings (SSSR count). The lowest BCUT2D eigenvalue weighted by atomic mass is 9.65. The Morgan fingerprint density at radius 2 is 1.06 bits per heavy atom. The zero-order chi connectivity index (χ0) is 24.9. The van der Waals surface area contributed by atoms with E-state index in [0.29, 0.717) is 0 Å². The van der Waals surface area contributed by atoms with Gasteiger partial charge in [-0.3, -0.25) is 4.74 Å². The molecule has 0 aliphatic heterocycles. The maximum absolute atomic E-state index is 15.0. The molecule has 194 valence electrons. The van der Waals surface area contributed by atoms with Crippen LogP contribution < -0.4 is 0 Å². The van der Waals surface area contributed by atoms with E-state index in [0.717, 1.165) is 0 Å². The van der Waals surface area contributed by atoms with Crippen LogP contribution in [0.4, 0.5) is 48.3 Å². The van der Waals surface area contributed by atoms with E-state index in [2.05, 4.69) is 4.74 Å². The van der Waals surface area contributed by atoms with Crippen LogP contribution in [0, 0.1) is 23.7 Å². The van der Waals surface area contributed by atoms with Gasteiger partial charge in [-0.2, -0.15) is 0 Å². The van der Waals surface area contributed by atoms with Crippen molar-refractivity contribution in [3.8, 4) is 0 Å². The van der Waals surface area contributed by atoms with Crippen molar-refractivity contribution in [3.63, 3.8) is 0 Å². The third-order valence-electron chi connectivity index (χ3n) is 7.17. The van der Waals surface area contributed by atoms with Gasteiger partial charge < -0.3 is 0 Å². The highest BCUT2D eigenvalue weighted by atomic mass is 35.5. The second-order valence-electron chi connectivity index (χ2n) is 9.37. The molecule has 3 aliphatic rings. The first-order valence-corrected chi connectivity index (χ1v) is 11.2. The predicted octanol–water partition coefficient (Wildman–Crippen LogP) is 7.01. The van der Waals surface area contributed by atoms with Gasteiger partial charge in [0, 0.05) is 17.2 Å². The van der Waals surface area contributed by atoms with E-state index >= 15 is 0 Å². The van der Waals surface area contributed by atoms with Crippen LogP contribution in [0.1, 0.15) is 38.5 Å². The molecule has 3 saturated carbocycles. The number of hydrogen-bond acceptors (Lipinski definition) is 1. The standard InChI is InChI=1S/C20H24ClF11O/c21-9-5-12(24)17(13(25)6-9)19(28,29)8-3-10(22)16(11(23)4-8)7-1-14(26)18(15(27)2-7)33-20(30,31)32/h7-18H,1-6H2. The molecule has 0 heterocycles. The summed E-state index contributed by atoms with van der Waals surface area (Å²) in [7, 11) is 0. The summed E-state index contributed by atoms with van der Waals surface area (Å²) < 4.78 is 157. The van der Waals surface area contributed by atoms with Crippen molar-refractivity contribution < 1.29 is 53.0 Å². The monoisotopic (exact) mass is 524 g/mol. The molecule has 6 unspecified atom stereocenters. The van der Waals surface area contributed by atoms with Crippen molar-refractivity contribution in [2.24, 2.45) is 23.7 Å². The molecule has 1 nitrogen and oxygen atoms in total. The molecule has 3 aliphatic carbocycles. The number of rotatable bonds is 4. The fourth-order valence-electron chi connectivity index (χ4n) is 5.73. The molecule has 0 radical (unpaired) electrons. The summed E-state index contributed by atoms with van der Waals surface area (Å²) >= 11 is 5.65. The lowest BCUT2D eigenvalue weighted by Crippen LogP contribution is -2.55. The first-order chi connectivity index (χ1) is 15.1. The Labute approximate surface area is 188 Å². The second kappa shape index (κ2) is 9.85. The Morgan fingerprint density at radius 1 is 0.606 bits per heavy atom. The molecule has 3 fully saturated rings. The fraction of sp³-hybridized carbons (Fsp3) is 1.00. The van der Waals surface area contributed by atoms with Gasteiger partial charge in [-0.15, -0.1) is 24.8 Å². The summed E-state index contributed by atoms with van der Waals surface area (Å²) in [5.41, 5.74) is 0. The Kier molecular flexibility index (Phi) is 8.08. The van der Waals surface area contributed by atoms with Crippen LogP contribution in [0.15, 0.2) is 0 Å². The molecule has 0 saturated heterocycles. The van der Waals surface area contributed by atoms with Crippen molar-refractivity contribution >= 4 is 11.6 Å². The summed E-state index contributed by atoms with van der Waals surface area (Å²) in [4.78, 5) is 0. The van der Waals surface area contributed by atoms with E-state index in [4.69, 9.17) is 11.6 Å². The largest absolute Gasteiger partial charge is 0.522 e. The molecule has 0 aromatic heterocycles. The van der Waals surface area contributed by atoms with Gasteiger partial charge in [-0.25, -0.2) is 35.1 Å². The summed E-state index contributed by atoms with van der Waals surface area (Å²) in [5, 5.41) is -0.987. The fourth-order valence-corrected chi connectivity index (χ4v) is 6.07. The van der Waals surface area contributed by atoms with Gasteiger partial charge in [-0.05, 0) is 44.4 Å². The Balaban J connectivity index is 1.69. The molecule has 0 N–H and O–H groups in total. The van der Waals surface area contributed by atoms with Crippen LogP contribution in [0.3, 0.4) is 0 Å². The summed E-state index contributed by atoms with van der Waals surface area (Å²) in [6.07, 6.45) is -26.8. The Bertz CT molecular complexity index is 628. The molecule has 0 spiro atoms. The number of halogens is 12. The third-order valence-corrected chi connectivity index (χ3v) is 7.52. The highest BCUT2D eigenvalue weighted by Crippen LogP contribution is 2.53. The van der Waals surface area contributed by atoms with Crippen molar-refractivity contribution in [2.75, 3.05) is 0 Å². The molecular formula is C20H24ClF11O. The molecule has 6 atom stereocenters. The number of hydrogen-bond donors (Lipinski definition) is 0. The van der Waals surface area contributed by atoms with Gasteiger partial charge in [0.15, 0.2) is 0 Å². The molecule has 0 amide bonds. The van der Waals surface area contributed by atoms with Gasteiger partial charge in [-0.1, -0.05) is 0 Å². The molecule has 0 aromatic rings. The number of ether oxygens (including phenoxy) is 1. The van der Waals surface area contributed by atoms with Crippen LogP contribution in [-0.4, -0.2) is 60.8 Å². The summed E-state index contributed by atoms with van der Waals surface area (Å²) in [5.74, 6) is -11.7. The highest BCUT2D eigenvalue weighted by Gasteiger charge is 2.60. The maximum atomic E-state index is 15.0. The average molecular weight is 525 g/mol. The van der Waals surface area contributed by atoms with Crippen LogP contribution >= 0.6 is 11.6 Å². The minimum Gasteiger partial charge on any atom is -0.282 e. The quantitative estimate of drug-likeness (QED) is 0.284. The predicted molar refractivity (Wildman–Crippen MR) is 96.6 cm³/mol. The zero-order valence-electron chi connectivity index (χ0n) is 17.1. The van der Waals surface area contributed by atoms with Crippen molar-refractivity contribution in [2.45, 2.75) is 99.3 Å². The topological polar surface area (TPSA) is 9.23 Å². The lowest BCUT2D eigenvalue weighted by Gasteiger charge is -2.47. The molecular weight excluding hydrogens is 501 g/mol. The third kappa shape index (κ3) is 5.83. The van der Waals surface area contributed by atoms with E-state index < -0.39 is 123 Å². The summed E-state index contributed by atoms with van der Waals surface area (Å²) in [6, 6.07) is 0. The highest BCUT2D eigenvalue weighted by molar-refractivity contribution is 6.20. The smallest absolute Gasteiger partial charge is 0.282 e. The van der Waals surface area contributed by atoms with Crippen molar-refractivity contribution in [1.29, 1.82) is 0 Å². The SMILES string of the molecule is FC1CC(C2C(F)CC(C(F)(F)C3C(F)CC(Cl)CC3F)CC2F)CC(F)C1OC(F)(F)F. The van der Waals surface area contributed by atoms with Gasteiger partial charge >= 0.3 is 6.36 Å². The lowest BCUT2D eigenvalue weighted by molar-refractivity contribution is -0.358. The van der Waals surface area contributed by atoms with E-state index in [-0.39, 0.29) is 0 Å². The van der Waals surface area contributed by atoms with E-state index in [1.807, 2.05) is 0 Å². The molecule has 0 bridgehead atoms. The van der Waals surface area contributed by atoms with E-state index in [1.54, 1.807) is 0 Å². The zero-order valence-corrected chi connectivity index (χ0v) is 17.9. The van der Waals surface area contributed by atoms with Gasteiger partial charge in [0.25, 0.3) is 5.92 Å². The maximum Gasteiger partial charge on any atom is 0.522 e. The molecule has 0 aromatic carbocycles. The molecule has 13 heteroatoms. The second-order valence-corrected chi connectivity index (χ2v) is 9.99.